The van der Waals surface area contributed by atoms with E-state index in [1.165, 1.54) is 19.3 Å². The van der Waals surface area contributed by atoms with Gasteiger partial charge in [-0.25, -0.2) is 0 Å². The largest absolute Gasteiger partial charge is 0.350 e. The molecule has 0 heterocycles. The molecule has 2 atom stereocenters. The lowest BCUT2D eigenvalue weighted by molar-refractivity contribution is -0.131. The van der Waals surface area contributed by atoms with E-state index in [0.29, 0.717) is 0 Å². The molecule has 1 aliphatic carbocycles. The van der Waals surface area contributed by atoms with E-state index >= 15 is 0 Å². The maximum Gasteiger partial charge on any atom is 0.224 e. The van der Waals surface area contributed by atoms with E-state index in [0.717, 1.165) is 18.2 Å². The van der Waals surface area contributed by atoms with Crippen molar-refractivity contribution in [1.82, 2.24) is 5.32 Å². The molecule has 1 saturated carbocycles. The Morgan fingerprint density at radius 3 is 2.59 bits per heavy atom. The van der Waals surface area contributed by atoms with Crippen LogP contribution in [0.4, 0.5) is 0 Å². The smallest absolute Gasteiger partial charge is 0.224 e. The minimum atomic E-state index is -0.107. The minimum Gasteiger partial charge on any atom is -0.350 e. The summed E-state index contributed by atoms with van der Waals surface area (Å²) < 4.78 is 0. The summed E-state index contributed by atoms with van der Waals surface area (Å²) in [5.41, 5.74) is 0.0495. The van der Waals surface area contributed by atoms with Crippen molar-refractivity contribution in [2.45, 2.75) is 65.3 Å². The van der Waals surface area contributed by atoms with Crippen molar-refractivity contribution in [3.05, 3.63) is 0 Å². The summed E-state index contributed by atoms with van der Waals surface area (Å²) in [4.78, 5) is 12.4. The first-order valence-corrected chi connectivity index (χ1v) is 7.85. The van der Waals surface area contributed by atoms with Crippen LogP contribution in [0.5, 0.6) is 0 Å². The van der Waals surface area contributed by atoms with Crippen LogP contribution < -0.4 is 5.32 Å². The zero-order chi connectivity index (χ0) is 13.1. The van der Waals surface area contributed by atoms with E-state index in [1.807, 2.05) is 0 Å². The Labute approximate surface area is 114 Å². The van der Waals surface area contributed by atoms with Crippen LogP contribution in [0, 0.1) is 11.3 Å². The van der Waals surface area contributed by atoms with E-state index in [9.17, 15) is 4.79 Å². The van der Waals surface area contributed by atoms with Crippen LogP contribution in [-0.2, 0) is 4.79 Å². The first-order chi connectivity index (χ1) is 7.84. The lowest BCUT2D eigenvalue weighted by Gasteiger charge is -2.39. The number of rotatable bonds is 4. The molecule has 100 valence electrons. The molecule has 0 saturated heterocycles. The minimum absolute atomic E-state index is 0.107. The number of nitrogens with one attached hydrogen (secondary N) is 1. The molecule has 0 aromatic heterocycles. The van der Waals surface area contributed by atoms with Gasteiger partial charge < -0.3 is 5.32 Å². The maximum atomic E-state index is 12.4. The average Bonchev–Trinajstić information content (AvgIpc) is 2.28. The van der Waals surface area contributed by atoms with E-state index in [-0.39, 0.29) is 22.8 Å². The molecule has 0 aromatic rings. The maximum absolute atomic E-state index is 12.4. The SMILES string of the molecule is CCC(C)(CBr)NC(=O)C1CCCCC1(C)C. The molecule has 1 aliphatic rings. The first kappa shape index (κ1) is 15.0. The normalized spacial score (nSPS) is 27.2. The van der Waals surface area contributed by atoms with Gasteiger partial charge in [0.05, 0.1) is 0 Å². The standard InChI is InChI=1S/C14H26BrNO/c1-5-14(4,10-15)16-12(17)11-8-6-7-9-13(11,2)3/h11H,5-10H2,1-4H3,(H,16,17). The van der Waals surface area contributed by atoms with Crippen LogP contribution in [0.25, 0.3) is 0 Å². The van der Waals surface area contributed by atoms with Crippen molar-refractivity contribution >= 4 is 21.8 Å². The van der Waals surface area contributed by atoms with Crippen molar-refractivity contribution in [3.63, 3.8) is 0 Å². The number of carbonyl (C=O) groups excluding carboxylic acids is 1. The second-order valence-corrected chi connectivity index (χ2v) is 6.88. The van der Waals surface area contributed by atoms with E-state index in [1.54, 1.807) is 0 Å². The predicted molar refractivity (Wildman–Crippen MR) is 76.4 cm³/mol. The first-order valence-electron chi connectivity index (χ1n) is 6.72. The van der Waals surface area contributed by atoms with Gasteiger partial charge in [-0.05, 0) is 31.6 Å². The van der Waals surface area contributed by atoms with Gasteiger partial charge in [0.15, 0.2) is 0 Å². The number of carbonyl (C=O) groups is 1. The Kier molecular flexibility index (Phi) is 5.06. The number of hydrogen-bond donors (Lipinski definition) is 1. The second-order valence-electron chi connectivity index (χ2n) is 6.32. The van der Waals surface area contributed by atoms with Gasteiger partial charge in [0, 0.05) is 16.8 Å². The van der Waals surface area contributed by atoms with Gasteiger partial charge in [-0.1, -0.05) is 49.5 Å². The summed E-state index contributed by atoms with van der Waals surface area (Å²) in [6, 6.07) is 0. The molecule has 3 heteroatoms. The van der Waals surface area contributed by atoms with Crippen molar-refractivity contribution in [2.24, 2.45) is 11.3 Å². The van der Waals surface area contributed by atoms with Crippen molar-refractivity contribution in [3.8, 4) is 0 Å². The van der Waals surface area contributed by atoms with Crippen molar-refractivity contribution < 1.29 is 4.79 Å². The average molecular weight is 304 g/mol. The highest BCUT2D eigenvalue weighted by atomic mass is 79.9. The third-order valence-corrected chi connectivity index (χ3v) is 5.56. The quantitative estimate of drug-likeness (QED) is 0.785. The highest BCUT2D eigenvalue weighted by Gasteiger charge is 2.38. The molecule has 0 bridgehead atoms. The molecule has 0 aliphatic heterocycles. The molecule has 0 spiro atoms. The van der Waals surface area contributed by atoms with Gasteiger partial charge in [0.2, 0.25) is 5.91 Å². The Bertz CT molecular complexity index is 271. The lowest BCUT2D eigenvalue weighted by Crippen LogP contribution is -2.52. The number of alkyl halides is 1. The number of amides is 1. The number of halogens is 1. The fraction of sp³-hybridized carbons (Fsp3) is 0.929. The fourth-order valence-corrected chi connectivity index (χ4v) is 3.12. The molecule has 0 aromatic carbocycles. The monoisotopic (exact) mass is 303 g/mol. The third-order valence-electron chi connectivity index (χ3n) is 4.32. The lowest BCUT2D eigenvalue weighted by atomic mass is 9.68. The van der Waals surface area contributed by atoms with Crippen molar-refractivity contribution in [2.75, 3.05) is 5.33 Å². The van der Waals surface area contributed by atoms with E-state index in [4.69, 9.17) is 0 Å². The van der Waals surface area contributed by atoms with Crippen LogP contribution in [0.15, 0.2) is 0 Å². The third kappa shape index (κ3) is 3.70. The summed E-state index contributed by atoms with van der Waals surface area (Å²) >= 11 is 3.50. The molecule has 2 nitrogen and oxygen atoms in total. The highest BCUT2D eigenvalue weighted by molar-refractivity contribution is 9.09. The second kappa shape index (κ2) is 5.73. The predicted octanol–water partition coefficient (Wildman–Crippen LogP) is 3.88. The van der Waals surface area contributed by atoms with Gasteiger partial charge >= 0.3 is 0 Å². The summed E-state index contributed by atoms with van der Waals surface area (Å²) in [6.07, 6.45) is 5.62. The van der Waals surface area contributed by atoms with Crippen LogP contribution >= 0.6 is 15.9 Å². The van der Waals surface area contributed by atoms with Crippen LogP contribution in [-0.4, -0.2) is 16.8 Å². The molecular weight excluding hydrogens is 278 g/mol. The summed E-state index contributed by atoms with van der Waals surface area (Å²) in [5.74, 6) is 0.430. The van der Waals surface area contributed by atoms with Crippen LogP contribution in [0.3, 0.4) is 0 Å². The summed E-state index contributed by atoms with van der Waals surface area (Å²) in [6.45, 7) is 8.69. The summed E-state index contributed by atoms with van der Waals surface area (Å²) in [7, 11) is 0. The topological polar surface area (TPSA) is 29.1 Å². The Balaban J connectivity index is 2.69. The molecule has 1 rings (SSSR count). The molecule has 0 radical (unpaired) electrons. The number of hydrogen-bond acceptors (Lipinski definition) is 1. The van der Waals surface area contributed by atoms with Gasteiger partial charge in [0.25, 0.3) is 0 Å². The Morgan fingerprint density at radius 1 is 1.47 bits per heavy atom. The molecular formula is C14H26BrNO. The van der Waals surface area contributed by atoms with Gasteiger partial charge in [-0.3, -0.25) is 4.79 Å². The molecule has 1 N–H and O–H groups in total. The van der Waals surface area contributed by atoms with Gasteiger partial charge in [0.1, 0.15) is 0 Å². The van der Waals surface area contributed by atoms with Crippen molar-refractivity contribution in [1.29, 1.82) is 0 Å². The summed E-state index contributed by atoms with van der Waals surface area (Å²) in [5, 5.41) is 4.05. The molecule has 1 amide bonds. The van der Waals surface area contributed by atoms with Crippen LogP contribution in [0.1, 0.15) is 59.8 Å². The molecule has 1 fully saturated rings. The van der Waals surface area contributed by atoms with E-state index < -0.39 is 0 Å². The highest BCUT2D eigenvalue weighted by Crippen LogP contribution is 2.40. The zero-order valence-electron chi connectivity index (χ0n) is 11.6. The fourth-order valence-electron chi connectivity index (χ4n) is 2.58. The van der Waals surface area contributed by atoms with E-state index in [2.05, 4.69) is 48.9 Å². The Morgan fingerprint density at radius 2 is 2.12 bits per heavy atom. The van der Waals surface area contributed by atoms with Gasteiger partial charge in [-0.15, -0.1) is 0 Å². The Hall–Kier alpha value is -0.0500. The van der Waals surface area contributed by atoms with Gasteiger partial charge in [-0.2, -0.15) is 0 Å². The zero-order valence-corrected chi connectivity index (χ0v) is 13.2. The molecule has 2 unspecified atom stereocenters. The molecule has 17 heavy (non-hydrogen) atoms. The van der Waals surface area contributed by atoms with Crippen LogP contribution in [0.2, 0.25) is 0 Å².